The van der Waals surface area contributed by atoms with Gasteiger partial charge in [-0.2, -0.15) is 0 Å². The van der Waals surface area contributed by atoms with Crippen LogP contribution in [0.15, 0.2) is 24.3 Å². The Bertz CT molecular complexity index is 1130. The highest BCUT2D eigenvalue weighted by Gasteiger charge is 2.04. The highest BCUT2D eigenvalue weighted by Crippen LogP contribution is 2.11. The van der Waals surface area contributed by atoms with E-state index >= 15 is 0 Å². The fourth-order valence-electron chi connectivity index (χ4n) is 1.93. The van der Waals surface area contributed by atoms with Gasteiger partial charge in [0, 0.05) is 12.1 Å². The molecule has 0 spiro atoms. The lowest BCUT2D eigenvalue weighted by Crippen LogP contribution is -2.31. The summed E-state index contributed by atoms with van der Waals surface area (Å²) < 4.78 is 5.58. The third kappa shape index (κ3) is 14.5. The number of aliphatic hydroxyl groups is 1. The van der Waals surface area contributed by atoms with Gasteiger partial charge < -0.3 is 15.2 Å². The average molecular weight is 405 g/mol. The summed E-state index contributed by atoms with van der Waals surface area (Å²) in [7, 11) is 0. The Balaban J connectivity index is 2.41. The molecule has 1 aromatic rings. The molecule has 0 amide bonds. The first-order chi connectivity index (χ1) is 15.3. The van der Waals surface area contributed by atoms with E-state index in [0.717, 1.165) is 24.9 Å². The lowest BCUT2D eigenvalue weighted by Gasteiger charge is -2.13. The minimum Gasteiger partial charge on any atom is -0.491 e. The Morgan fingerprint density at radius 1 is 0.839 bits per heavy atom. The van der Waals surface area contributed by atoms with Crippen molar-refractivity contribution < 1.29 is 9.84 Å². The molecule has 1 aromatic carbocycles. The normalized spacial score (nSPS) is 8.61. The van der Waals surface area contributed by atoms with Crippen molar-refractivity contribution >= 4 is 0 Å². The van der Waals surface area contributed by atoms with E-state index in [1.807, 2.05) is 24.3 Å². The van der Waals surface area contributed by atoms with E-state index in [0.29, 0.717) is 12.3 Å². The van der Waals surface area contributed by atoms with E-state index in [-0.39, 0.29) is 6.61 Å². The van der Waals surface area contributed by atoms with Crippen molar-refractivity contribution in [2.24, 2.45) is 0 Å². The summed E-state index contributed by atoms with van der Waals surface area (Å²) in [6, 6.07) is 7.29. The highest BCUT2D eigenvalue weighted by molar-refractivity contribution is 5.47. The molecule has 1 atom stereocenters. The number of hydrogen-bond donors (Lipinski definition) is 2. The smallest absolute Gasteiger partial charge is 0.119 e. The molecule has 0 aliphatic carbocycles. The molecule has 0 saturated carbocycles. The first kappa shape index (κ1) is 24.9. The van der Waals surface area contributed by atoms with Crippen LogP contribution in [0.3, 0.4) is 0 Å². The van der Waals surface area contributed by atoms with Crippen LogP contribution in [-0.4, -0.2) is 30.9 Å². The Morgan fingerprint density at radius 2 is 1.39 bits per heavy atom. The molecule has 3 nitrogen and oxygen atoms in total. The van der Waals surface area contributed by atoms with Crippen molar-refractivity contribution in [3.8, 4) is 88.6 Å². The molecule has 1 unspecified atom stereocenters. The summed E-state index contributed by atoms with van der Waals surface area (Å²) in [5.41, 5.74) is 0.806. The summed E-state index contributed by atoms with van der Waals surface area (Å²) in [6.07, 6.45) is 1.69. The third-order valence-corrected chi connectivity index (χ3v) is 3.40. The van der Waals surface area contributed by atoms with Crippen molar-refractivity contribution in [1.29, 1.82) is 0 Å². The van der Waals surface area contributed by atoms with Crippen molar-refractivity contribution in [3.05, 3.63) is 29.8 Å². The standard InChI is InChI=1S/C28H23NO2/c1-3-5-7-8-9-10-11-12-13-14-15-16-17-18-26-19-21-28(22-20-26)31-25-27(30)24-29-23-6-4-2/h19-22,27,29-30H,4,6,23-25H2,1-2H3. The minimum absolute atomic E-state index is 0.240. The van der Waals surface area contributed by atoms with Crippen LogP contribution in [0.5, 0.6) is 5.75 Å². The molecule has 0 radical (unpaired) electrons. The second-order valence-electron chi connectivity index (χ2n) is 5.92. The maximum Gasteiger partial charge on any atom is 0.119 e. The third-order valence-electron chi connectivity index (χ3n) is 3.40. The molecule has 0 aliphatic heterocycles. The van der Waals surface area contributed by atoms with Crippen LogP contribution in [-0.2, 0) is 0 Å². The van der Waals surface area contributed by atoms with Crippen LogP contribution in [0.4, 0.5) is 0 Å². The number of rotatable bonds is 8. The minimum atomic E-state index is -0.543. The molecule has 3 heteroatoms. The van der Waals surface area contributed by atoms with Crippen LogP contribution >= 0.6 is 0 Å². The van der Waals surface area contributed by atoms with Crippen LogP contribution < -0.4 is 10.1 Å². The largest absolute Gasteiger partial charge is 0.491 e. The fraction of sp³-hybridized carbons (Fsp3) is 0.286. The van der Waals surface area contributed by atoms with Gasteiger partial charge in [-0.1, -0.05) is 25.2 Å². The molecule has 152 valence electrons. The van der Waals surface area contributed by atoms with Gasteiger partial charge >= 0.3 is 0 Å². The molecule has 0 saturated heterocycles. The summed E-state index contributed by atoms with van der Waals surface area (Å²) in [4.78, 5) is 0. The fourth-order valence-corrected chi connectivity index (χ4v) is 1.93. The van der Waals surface area contributed by atoms with E-state index in [9.17, 15) is 5.11 Å². The van der Waals surface area contributed by atoms with E-state index in [4.69, 9.17) is 4.74 Å². The number of ether oxygens (including phenoxy) is 1. The van der Waals surface area contributed by atoms with Gasteiger partial charge in [0.25, 0.3) is 0 Å². The number of benzene rings is 1. The van der Waals surface area contributed by atoms with Crippen molar-refractivity contribution in [3.63, 3.8) is 0 Å². The summed E-state index contributed by atoms with van der Waals surface area (Å²) in [5, 5.41) is 13.1. The monoisotopic (exact) mass is 405 g/mol. The number of unbranched alkanes of at least 4 members (excludes halogenated alkanes) is 1. The summed E-state index contributed by atoms with van der Waals surface area (Å²) in [5.74, 6) is 37.2. The maximum absolute atomic E-state index is 9.89. The van der Waals surface area contributed by atoms with Gasteiger partial charge in [-0.3, -0.25) is 0 Å². The van der Waals surface area contributed by atoms with Crippen molar-refractivity contribution in [2.75, 3.05) is 19.7 Å². The van der Waals surface area contributed by atoms with Gasteiger partial charge in [0.1, 0.15) is 18.5 Å². The number of nitrogens with one attached hydrogen (secondary N) is 1. The van der Waals surface area contributed by atoms with E-state index in [1.165, 1.54) is 0 Å². The Hall–Kier alpha value is -4.14. The van der Waals surface area contributed by atoms with E-state index in [2.05, 4.69) is 95.1 Å². The van der Waals surface area contributed by atoms with Gasteiger partial charge in [-0.15, -0.1) is 0 Å². The summed E-state index contributed by atoms with van der Waals surface area (Å²) >= 11 is 0. The highest BCUT2D eigenvalue weighted by atomic mass is 16.5. The quantitative estimate of drug-likeness (QED) is 0.515. The second-order valence-corrected chi connectivity index (χ2v) is 5.92. The molecule has 0 aromatic heterocycles. The van der Waals surface area contributed by atoms with Crippen molar-refractivity contribution in [2.45, 2.75) is 32.8 Å². The Kier molecular flexibility index (Phi) is 14.4. The molecule has 0 heterocycles. The van der Waals surface area contributed by atoms with Crippen LogP contribution in [0.1, 0.15) is 32.3 Å². The Morgan fingerprint density at radius 3 is 1.94 bits per heavy atom. The van der Waals surface area contributed by atoms with Gasteiger partial charge in [-0.25, -0.2) is 0 Å². The molecule has 2 N–H and O–H groups in total. The van der Waals surface area contributed by atoms with E-state index < -0.39 is 6.10 Å². The van der Waals surface area contributed by atoms with Crippen molar-refractivity contribution in [1.82, 2.24) is 5.32 Å². The molecule has 31 heavy (non-hydrogen) atoms. The number of hydrogen-bond acceptors (Lipinski definition) is 3. The topological polar surface area (TPSA) is 41.5 Å². The lowest BCUT2D eigenvalue weighted by molar-refractivity contribution is 0.106. The second kappa shape index (κ2) is 17.9. The first-order valence-electron chi connectivity index (χ1n) is 9.80. The van der Waals surface area contributed by atoms with Crippen LogP contribution in [0.2, 0.25) is 0 Å². The van der Waals surface area contributed by atoms with Gasteiger partial charge in [0.15, 0.2) is 0 Å². The van der Waals surface area contributed by atoms with Crippen LogP contribution in [0, 0.1) is 82.9 Å². The van der Waals surface area contributed by atoms with E-state index in [1.54, 1.807) is 6.92 Å². The number of aliphatic hydroxyl groups excluding tert-OH is 1. The Labute approximate surface area is 186 Å². The molecular weight excluding hydrogens is 382 g/mol. The summed E-state index contributed by atoms with van der Waals surface area (Å²) in [6.45, 7) is 5.50. The predicted octanol–water partition coefficient (Wildman–Crippen LogP) is 2.21. The molecule has 0 aliphatic rings. The molecule has 0 fully saturated rings. The molecule has 1 rings (SSSR count). The average Bonchev–Trinajstić information content (AvgIpc) is 2.79. The SMILES string of the molecule is CC#CC#CC#CC#CC#CC#CC#Cc1ccc(OCC(O)CNCCCC)cc1. The van der Waals surface area contributed by atoms with Gasteiger partial charge in [-0.05, 0) is 115 Å². The van der Waals surface area contributed by atoms with Crippen LogP contribution in [0.25, 0.3) is 0 Å². The van der Waals surface area contributed by atoms with Gasteiger partial charge in [0.2, 0.25) is 0 Å². The molecule has 0 bridgehead atoms. The first-order valence-corrected chi connectivity index (χ1v) is 9.80. The maximum atomic E-state index is 9.89. The zero-order chi connectivity index (χ0) is 22.4. The zero-order valence-corrected chi connectivity index (χ0v) is 17.8. The predicted molar refractivity (Wildman–Crippen MR) is 125 cm³/mol. The zero-order valence-electron chi connectivity index (χ0n) is 17.8. The lowest BCUT2D eigenvalue weighted by atomic mass is 10.2. The van der Waals surface area contributed by atoms with Gasteiger partial charge in [0.05, 0.1) is 0 Å². The molecular formula is C28H23NO2.